The molecular weight excluding hydrogens is 397 g/mol. The lowest BCUT2D eigenvalue weighted by molar-refractivity contribution is 0.171. The van der Waals surface area contributed by atoms with Crippen LogP contribution in [0.15, 0.2) is 41.3 Å². The molecule has 0 spiro atoms. The van der Waals surface area contributed by atoms with E-state index in [9.17, 15) is 8.42 Å². The Morgan fingerprint density at radius 2 is 1.81 bits per heavy atom. The summed E-state index contributed by atoms with van der Waals surface area (Å²) in [5, 5.41) is 0.282. The van der Waals surface area contributed by atoms with Gasteiger partial charge in [0.05, 0.1) is 16.1 Å². The van der Waals surface area contributed by atoms with E-state index in [1.54, 1.807) is 12.1 Å². The molecule has 26 heavy (non-hydrogen) atoms. The van der Waals surface area contributed by atoms with Crippen molar-refractivity contribution in [2.75, 3.05) is 19.8 Å². The summed E-state index contributed by atoms with van der Waals surface area (Å²) in [5.74, 6) is 1.34. The van der Waals surface area contributed by atoms with Gasteiger partial charge in [0, 0.05) is 6.54 Å². The summed E-state index contributed by atoms with van der Waals surface area (Å²) in [5.41, 5.74) is 0.883. The summed E-state index contributed by atoms with van der Waals surface area (Å²) < 4.78 is 39.1. The molecule has 5 nitrogen and oxygen atoms in total. The van der Waals surface area contributed by atoms with Crippen molar-refractivity contribution in [3.05, 3.63) is 52.0 Å². The zero-order valence-corrected chi connectivity index (χ0v) is 16.1. The Hall–Kier alpha value is -1.47. The third kappa shape index (κ3) is 3.05. The highest BCUT2D eigenvalue weighted by Crippen LogP contribution is 2.42. The number of hydrogen-bond acceptors (Lipinski definition) is 4. The molecule has 2 aromatic rings. The number of fused-ring (bicyclic) bond motifs is 1. The minimum absolute atomic E-state index is 0.0381. The molecule has 2 aromatic carbocycles. The Kier molecular flexibility index (Phi) is 4.77. The van der Waals surface area contributed by atoms with E-state index in [-0.39, 0.29) is 21.0 Å². The average Bonchev–Trinajstić information content (AvgIpc) is 3.14. The van der Waals surface area contributed by atoms with Gasteiger partial charge in [0.1, 0.15) is 18.1 Å². The van der Waals surface area contributed by atoms with Crippen LogP contribution in [0.3, 0.4) is 0 Å². The minimum Gasteiger partial charge on any atom is -0.486 e. The Labute approximate surface area is 162 Å². The van der Waals surface area contributed by atoms with Crippen molar-refractivity contribution in [2.45, 2.75) is 23.8 Å². The number of sulfonamides is 1. The van der Waals surface area contributed by atoms with Crippen LogP contribution in [-0.2, 0) is 10.0 Å². The zero-order chi connectivity index (χ0) is 18.3. The fourth-order valence-electron chi connectivity index (χ4n) is 3.44. The number of halogens is 2. The van der Waals surface area contributed by atoms with Gasteiger partial charge in [-0.1, -0.05) is 35.3 Å². The van der Waals surface area contributed by atoms with Crippen LogP contribution in [0.5, 0.6) is 11.5 Å². The van der Waals surface area contributed by atoms with E-state index in [2.05, 4.69) is 0 Å². The molecule has 1 saturated heterocycles. The highest BCUT2D eigenvalue weighted by atomic mass is 35.5. The van der Waals surface area contributed by atoms with Crippen LogP contribution in [-0.4, -0.2) is 32.5 Å². The molecular formula is C18H17Cl2NO4S. The van der Waals surface area contributed by atoms with Crippen molar-refractivity contribution >= 4 is 33.2 Å². The Morgan fingerprint density at radius 1 is 1.04 bits per heavy atom. The SMILES string of the molecule is O=S(=O)(c1cccc(Cl)c1Cl)N1CCC[C@H]1c1ccc2c(c1)OCCO2. The monoisotopic (exact) mass is 413 g/mol. The molecule has 1 atom stereocenters. The number of hydrogen-bond donors (Lipinski definition) is 0. The van der Waals surface area contributed by atoms with Gasteiger partial charge < -0.3 is 9.47 Å². The van der Waals surface area contributed by atoms with E-state index in [0.29, 0.717) is 31.3 Å². The summed E-state index contributed by atoms with van der Waals surface area (Å²) in [7, 11) is -3.77. The van der Waals surface area contributed by atoms with Gasteiger partial charge in [-0.05, 0) is 42.7 Å². The fourth-order valence-corrected chi connectivity index (χ4v) is 5.86. The average molecular weight is 414 g/mol. The molecule has 0 radical (unpaired) electrons. The molecule has 138 valence electrons. The predicted octanol–water partition coefficient (Wildman–Crippen LogP) is 4.29. The first kappa shape index (κ1) is 17.9. The second-order valence-corrected chi connectivity index (χ2v) is 8.87. The maximum Gasteiger partial charge on any atom is 0.245 e. The lowest BCUT2D eigenvalue weighted by atomic mass is 10.0. The molecule has 2 aliphatic heterocycles. The van der Waals surface area contributed by atoms with Crippen LogP contribution < -0.4 is 9.47 Å². The smallest absolute Gasteiger partial charge is 0.245 e. The molecule has 0 amide bonds. The van der Waals surface area contributed by atoms with E-state index >= 15 is 0 Å². The van der Waals surface area contributed by atoms with Crippen molar-refractivity contribution < 1.29 is 17.9 Å². The summed E-state index contributed by atoms with van der Waals surface area (Å²) >= 11 is 12.2. The van der Waals surface area contributed by atoms with Gasteiger partial charge >= 0.3 is 0 Å². The second kappa shape index (κ2) is 6.93. The van der Waals surface area contributed by atoms with E-state index < -0.39 is 10.0 Å². The molecule has 1 fully saturated rings. The van der Waals surface area contributed by atoms with E-state index in [4.69, 9.17) is 32.7 Å². The van der Waals surface area contributed by atoms with Crippen LogP contribution in [0.1, 0.15) is 24.4 Å². The van der Waals surface area contributed by atoms with Crippen LogP contribution >= 0.6 is 23.2 Å². The van der Waals surface area contributed by atoms with E-state index in [1.165, 1.54) is 10.4 Å². The molecule has 2 aliphatic rings. The Balaban J connectivity index is 1.71. The molecule has 0 bridgehead atoms. The molecule has 0 aromatic heterocycles. The summed E-state index contributed by atoms with van der Waals surface area (Å²) in [6.07, 6.45) is 1.51. The van der Waals surface area contributed by atoms with Gasteiger partial charge in [0.25, 0.3) is 0 Å². The molecule has 0 unspecified atom stereocenters. The van der Waals surface area contributed by atoms with Crippen molar-refractivity contribution in [1.82, 2.24) is 4.31 Å². The van der Waals surface area contributed by atoms with Gasteiger partial charge in [0.15, 0.2) is 11.5 Å². The van der Waals surface area contributed by atoms with Crippen LogP contribution in [0.25, 0.3) is 0 Å². The van der Waals surface area contributed by atoms with Gasteiger partial charge in [-0.2, -0.15) is 4.31 Å². The van der Waals surface area contributed by atoms with Crippen LogP contribution in [0.4, 0.5) is 0 Å². The highest BCUT2D eigenvalue weighted by molar-refractivity contribution is 7.89. The first-order valence-electron chi connectivity index (χ1n) is 8.34. The number of ether oxygens (including phenoxy) is 2. The van der Waals surface area contributed by atoms with Crippen LogP contribution in [0, 0.1) is 0 Å². The van der Waals surface area contributed by atoms with Crippen LogP contribution in [0.2, 0.25) is 10.0 Å². The lowest BCUT2D eigenvalue weighted by Crippen LogP contribution is -2.31. The van der Waals surface area contributed by atoms with Crippen molar-refractivity contribution in [1.29, 1.82) is 0 Å². The normalized spacial score (nSPS) is 20.3. The summed E-state index contributed by atoms with van der Waals surface area (Å²) in [4.78, 5) is 0.0381. The zero-order valence-electron chi connectivity index (χ0n) is 13.8. The molecule has 4 rings (SSSR count). The summed E-state index contributed by atoms with van der Waals surface area (Å²) in [6, 6.07) is 9.98. The minimum atomic E-state index is -3.77. The van der Waals surface area contributed by atoms with Gasteiger partial charge in [-0.3, -0.25) is 0 Å². The van der Waals surface area contributed by atoms with Gasteiger partial charge in [0.2, 0.25) is 10.0 Å². The highest BCUT2D eigenvalue weighted by Gasteiger charge is 2.38. The number of benzene rings is 2. The molecule has 8 heteroatoms. The van der Waals surface area contributed by atoms with E-state index in [1.807, 2.05) is 18.2 Å². The van der Waals surface area contributed by atoms with E-state index in [0.717, 1.165) is 18.4 Å². The number of rotatable bonds is 3. The quantitative estimate of drug-likeness (QED) is 0.752. The summed E-state index contributed by atoms with van der Waals surface area (Å²) in [6.45, 7) is 1.44. The standard InChI is InChI=1S/C18H17Cl2NO4S/c19-13-3-1-5-17(18(13)20)26(22,23)21-8-2-4-14(21)12-6-7-15-16(11-12)25-10-9-24-15/h1,3,5-7,11,14H,2,4,8-10H2/t14-/m0/s1. The molecule has 2 heterocycles. The number of nitrogens with zero attached hydrogens (tertiary/aromatic N) is 1. The van der Waals surface area contributed by atoms with Crippen molar-refractivity contribution in [3.63, 3.8) is 0 Å². The largest absolute Gasteiger partial charge is 0.486 e. The second-order valence-electron chi connectivity index (χ2n) is 6.23. The first-order chi connectivity index (χ1) is 12.5. The van der Waals surface area contributed by atoms with Gasteiger partial charge in [-0.25, -0.2) is 8.42 Å². The van der Waals surface area contributed by atoms with Crippen molar-refractivity contribution in [3.8, 4) is 11.5 Å². The molecule has 0 saturated carbocycles. The molecule has 0 N–H and O–H groups in total. The van der Waals surface area contributed by atoms with Gasteiger partial charge in [-0.15, -0.1) is 0 Å². The Bertz CT molecular complexity index is 948. The fraction of sp³-hybridized carbons (Fsp3) is 0.333. The molecule has 0 aliphatic carbocycles. The topological polar surface area (TPSA) is 55.8 Å². The third-order valence-corrected chi connectivity index (χ3v) is 7.54. The predicted molar refractivity (Wildman–Crippen MR) is 99.8 cm³/mol. The van der Waals surface area contributed by atoms with Crippen molar-refractivity contribution in [2.24, 2.45) is 0 Å². The first-order valence-corrected chi connectivity index (χ1v) is 10.5. The maximum atomic E-state index is 13.2. The Morgan fingerprint density at radius 3 is 2.62 bits per heavy atom. The lowest BCUT2D eigenvalue weighted by Gasteiger charge is -2.26. The maximum absolute atomic E-state index is 13.2. The third-order valence-electron chi connectivity index (χ3n) is 4.66.